The molecular weight excluding hydrogens is 230 g/mol. The molecule has 0 saturated carbocycles. The fraction of sp³-hybridized carbons (Fsp3) is 0.800. The Kier molecular flexibility index (Phi) is 6.16. The van der Waals surface area contributed by atoms with Crippen LogP contribution in [0.15, 0.2) is 0 Å². The average molecular weight is 247 g/mol. The Labute approximate surface area is 99.2 Å². The summed E-state index contributed by atoms with van der Waals surface area (Å²) in [5.74, 6) is -1.21. The number of carbonyl (C=O) groups excluding carboxylic acids is 2. The first-order valence-electron chi connectivity index (χ1n) is 5.27. The number of hydrogen-bond donors (Lipinski definition) is 0. The SMILES string of the molecule is CCC(OC(C)=O)C(C(C)OC(C)=O)[N+](=O)[O-]. The van der Waals surface area contributed by atoms with E-state index in [1.165, 1.54) is 20.8 Å². The van der Waals surface area contributed by atoms with E-state index >= 15 is 0 Å². The van der Waals surface area contributed by atoms with Crippen molar-refractivity contribution in [2.45, 2.75) is 52.4 Å². The molecule has 0 saturated heterocycles. The number of esters is 2. The highest BCUT2D eigenvalue weighted by Gasteiger charge is 2.40. The molecule has 0 amide bonds. The quantitative estimate of drug-likeness (QED) is 0.393. The van der Waals surface area contributed by atoms with Crippen LogP contribution in [0.3, 0.4) is 0 Å². The van der Waals surface area contributed by atoms with Crippen molar-refractivity contribution >= 4 is 11.9 Å². The fourth-order valence-electron chi connectivity index (χ4n) is 1.55. The molecule has 0 aromatic heterocycles. The second kappa shape index (κ2) is 6.82. The lowest BCUT2D eigenvalue weighted by Crippen LogP contribution is -2.45. The van der Waals surface area contributed by atoms with Crippen LogP contribution in [0.5, 0.6) is 0 Å². The second-order valence-corrected chi connectivity index (χ2v) is 3.65. The highest BCUT2D eigenvalue weighted by atomic mass is 16.6. The second-order valence-electron chi connectivity index (χ2n) is 3.65. The molecule has 3 atom stereocenters. The Morgan fingerprint density at radius 2 is 1.71 bits per heavy atom. The van der Waals surface area contributed by atoms with Gasteiger partial charge in [0, 0.05) is 18.8 Å². The summed E-state index contributed by atoms with van der Waals surface area (Å²) in [6, 6.07) is -1.26. The van der Waals surface area contributed by atoms with Gasteiger partial charge in [-0.2, -0.15) is 0 Å². The summed E-state index contributed by atoms with van der Waals surface area (Å²) in [5.41, 5.74) is 0. The zero-order valence-corrected chi connectivity index (χ0v) is 10.3. The number of rotatable bonds is 6. The first-order chi connectivity index (χ1) is 7.79. The van der Waals surface area contributed by atoms with Gasteiger partial charge in [-0.1, -0.05) is 6.92 Å². The Morgan fingerprint density at radius 3 is 2.00 bits per heavy atom. The molecule has 98 valence electrons. The van der Waals surface area contributed by atoms with Crippen LogP contribution in [-0.4, -0.2) is 35.1 Å². The molecule has 3 unspecified atom stereocenters. The van der Waals surface area contributed by atoms with Crippen LogP contribution in [0.25, 0.3) is 0 Å². The summed E-state index contributed by atoms with van der Waals surface area (Å²) in [5, 5.41) is 10.9. The summed E-state index contributed by atoms with van der Waals surface area (Å²) in [6.07, 6.45) is -1.58. The predicted octanol–water partition coefficient (Wildman–Crippen LogP) is 0.925. The Morgan fingerprint density at radius 1 is 1.24 bits per heavy atom. The largest absolute Gasteiger partial charge is 0.455 e. The molecule has 0 rings (SSSR count). The van der Waals surface area contributed by atoms with Crippen molar-refractivity contribution < 1.29 is 24.0 Å². The van der Waals surface area contributed by atoms with Crippen LogP contribution in [0, 0.1) is 10.1 Å². The van der Waals surface area contributed by atoms with Gasteiger partial charge in [-0.05, 0) is 13.3 Å². The van der Waals surface area contributed by atoms with E-state index in [0.29, 0.717) is 0 Å². The van der Waals surface area contributed by atoms with E-state index in [2.05, 4.69) is 0 Å². The van der Waals surface area contributed by atoms with Crippen LogP contribution >= 0.6 is 0 Å². The van der Waals surface area contributed by atoms with Crippen molar-refractivity contribution in [3.05, 3.63) is 10.1 Å². The normalized spacial score (nSPS) is 15.5. The lowest BCUT2D eigenvalue weighted by molar-refractivity contribution is -0.544. The molecule has 7 heteroatoms. The topological polar surface area (TPSA) is 95.7 Å². The summed E-state index contributed by atoms with van der Waals surface area (Å²) < 4.78 is 9.62. The molecule has 0 radical (unpaired) electrons. The van der Waals surface area contributed by atoms with Gasteiger partial charge in [0.2, 0.25) is 0 Å². The van der Waals surface area contributed by atoms with Crippen LogP contribution in [0.4, 0.5) is 0 Å². The molecule has 0 spiro atoms. The zero-order chi connectivity index (χ0) is 13.6. The maximum atomic E-state index is 10.9. The monoisotopic (exact) mass is 247 g/mol. The first-order valence-corrected chi connectivity index (χ1v) is 5.27. The molecule has 0 aliphatic rings. The maximum absolute atomic E-state index is 10.9. The van der Waals surface area contributed by atoms with Gasteiger partial charge in [-0.3, -0.25) is 19.7 Å². The lowest BCUT2D eigenvalue weighted by Gasteiger charge is -2.23. The average Bonchev–Trinajstić information content (AvgIpc) is 2.13. The maximum Gasteiger partial charge on any atom is 0.303 e. The highest BCUT2D eigenvalue weighted by molar-refractivity contribution is 5.66. The third-order valence-electron chi connectivity index (χ3n) is 2.18. The van der Waals surface area contributed by atoms with Gasteiger partial charge >= 0.3 is 11.9 Å². The minimum Gasteiger partial charge on any atom is -0.455 e. The molecular formula is C10H17NO6. The number of nitrogens with zero attached hydrogens (tertiary/aromatic N) is 1. The zero-order valence-electron chi connectivity index (χ0n) is 10.3. The van der Waals surface area contributed by atoms with E-state index in [1.807, 2.05) is 0 Å². The molecule has 17 heavy (non-hydrogen) atoms. The summed E-state index contributed by atoms with van der Waals surface area (Å²) in [4.78, 5) is 31.9. The van der Waals surface area contributed by atoms with Crippen molar-refractivity contribution in [3.8, 4) is 0 Å². The van der Waals surface area contributed by atoms with E-state index in [0.717, 1.165) is 0 Å². The molecule has 0 fully saturated rings. The molecule has 0 aromatic carbocycles. The van der Waals surface area contributed by atoms with Gasteiger partial charge in [-0.25, -0.2) is 0 Å². The molecule has 0 N–H and O–H groups in total. The van der Waals surface area contributed by atoms with Crippen molar-refractivity contribution in [2.24, 2.45) is 0 Å². The van der Waals surface area contributed by atoms with Gasteiger partial charge < -0.3 is 9.47 Å². The van der Waals surface area contributed by atoms with E-state index in [-0.39, 0.29) is 6.42 Å². The van der Waals surface area contributed by atoms with Crippen molar-refractivity contribution in [3.63, 3.8) is 0 Å². The Hall–Kier alpha value is -1.66. The standard InChI is InChI=1S/C10H17NO6/c1-5-9(17-8(4)13)10(11(14)15)6(2)16-7(3)12/h6,9-10H,5H2,1-4H3. The molecule has 0 heterocycles. The molecule has 0 aliphatic carbocycles. The van der Waals surface area contributed by atoms with Gasteiger partial charge in [0.15, 0.2) is 12.2 Å². The van der Waals surface area contributed by atoms with E-state index in [1.54, 1.807) is 6.92 Å². The van der Waals surface area contributed by atoms with Gasteiger partial charge in [0.1, 0.15) is 0 Å². The molecule has 0 aliphatic heterocycles. The minimum absolute atomic E-state index is 0.275. The molecule has 0 bridgehead atoms. The van der Waals surface area contributed by atoms with Crippen LogP contribution in [0.2, 0.25) is 0 Å². The van der Waals surface area contributed by atoms with E-state index in [9.17, 15) is 19.7 Å². The van der Waals surface area contributed by atoms with Crippen molar-refractivity contribution in [1.29, 1.82) is 0 Å². The van der Waals surface area contributed by atoms with Crippen molar-refractivity contribution in [2.75, 3.05) is 0 Å². The van der Waals surface area contributed by atoms with Gasteiger partial charge in [-0.15, -0.1) is 0 Å². The summed E-state index contributed by atoms with van der Waals surface area (Å²) in [7, 11) is 0. The number of nitro groups is 1. The van der Waals surface area contributed by atoms with E-state index < -0.39 is 35.1 Å². The number of hydrogen-bond acceptors (Lipinski definition) is 6. The Bertz CT molecular complexity index is 303. The van der Waals surface area contributed by atoms with Gasteiger partial charge in [0.05, 0.1) is 0 Å². The molecule has 0 aromatic rings. The molecule has 7 nitrogen and oxygen atoms in total. The first kappa shape index (κ1) is 15.3. The predicted molar refractivity (Wildman–Crippen MR) is 57.9 cm³/mol. The third kappa shape index (κ3) is 5.28. The minimum atomic E-state index is -1.26. The highest BCUT2D eigenvalue weighted by Crippen LogP contribution is 2.14. The van der Waals surface area contributed by atoms with Crippen LogP contribution in [0.1, 0.15) is 34.1 Å². The smallest absolute Gasteiger partial charge is 0.303 e. The summed E-state index contributed by atoms with van der Waals surface area (Å²) in [6.45, 7) is 5.40. The lowest BCUT2D eigenvalue weighted by atomic mass is 10.0. The fourth-order valence-corrected chi connectivity index (χ4v) is 1.55. The Balaban J connectivity index is 4.85. The van der Waals surface area contributed by atoms with Crippen LogP contribution in [-0.2, 0) is 19.1 Å². The number of ether oxygens (including phenoxy) is 2. The van der Waals surface area contributed by atoms with Crippen LogP contribution < -0.4 is 0 Å². The summed E-state index contributed by atoms with van der Waals surface area (Å²) >= 11 is 0. The van der Waals surface area contributed by atoms with Crippen molar-refractivity contribution in [1.82, 2.24) is 0 Å². The van der Waals surface area contributed by atoms with E-state index in [4.69, 9.17) is 9.47 Å². The third-order valence-corrected chi connectivity index (χ3v) is 2.18. The number of carbonyl (C=O) groups is 2. The van der Waals surface area contributed by atoms with Gasteiger partial charge in [0.25, 0.3) is 6.04 Å².